The predicted octanol–water partition coefficient (Wildman–Crippen LogP) is 2.12. The first-order chi connectivity index (χ1) is 10.2. The molecule has 1 N–H and O–H groups in total. The highest BCUT2D eigenvalue weighted by molar-refractivity contribution is 5.61. The number of hydrogen-bond acceptors (Lipinski definition) is 5. The van der Waals surface area contributed by atoms with Crippen molar-refractivity contribution in [2.75, 3.05) is 5.06 Å². The van der Waals surface area contributed by atoms with E-state index < -0.39 is 16.6 Å². The van der Waals surface area contributed by atoms with Crippen LogP contribution in [0.3, 0.4) is 0 Å². The molecule has 0 saturated heterocycles. The number of aromatic hydroxyl groups is 1. The fraction of sp³-hybridized carbons (Fsp3) is 0. The molecule has 0 aliphatic rings. The number of anilines is 2. The van der Waals surface area contributed by atoms with E-state index >= 15 is 0 Å². The van der Waals surface area contributed by atoms with Crippen LogP contribution in [0.2, 0.25) is 0 Å². The highest BCUT2D eigenvalue weighted by Gasteiger charge is 2.25. The van der Waals surface area contributed by atoms with Gasteiger partial charge in [0.25, 0.3) is 16.6 Å². The molecule has 3 aromatic carbocycles. The summed E-state index contributed by atoms with van der Waals surface area (Å²) in [5.74, 6) is -0.982. The number of rotatable bonds is 4. The molecule has 3 rings (SSSR count). The number of hydrogen-bond donors (Lipinski definition) is 1. The molecule has 0 bridgehead atoms. The third-order valence-corrected chi connectivity index (χ3v) is 3.01. The normalized spacial score (nSPS) is 10.5. The first kappa shape index (κ1) is 12.9. The lowest BCUT2D eigenvalue weighted by Gasteiger charge is -2.24. The molecule has 0 amide bonds. The van der Waals surface area contributed by atoms with Crippen molar-refractivity contribution in [1.82, 2.24) is 0 Å². The molecule has 21 heavy (non-hydrogen) atoms. The molecule has 0 aliphatic carbocycles. The van der Waals surface area contributed by atoms with Gasteiger partial charge >= 0.3 is 0 Å². The zero-order chi connectivity index (χ0) is 14.8. The predicted molar refractivity (Wildman–Crippen MR) is 78.7 cm³/mol. The molecule has 0 unspecified atom stereocenters. The third kappa shape index (κ3) is 2.25. The van der Waals surface area contributed by atoms with Gasteiger partial charge in [-0.25, -0.2) is 0 Å². The van der Waals surface area contributed by atoms with Gasteiger partial charge in [0.15, 0.2) is 0 Å². The molecule has 5 nitrogen and oxygen atoms in total. The Kier molecular flexibility index (Phi) is 3.16. The van der Waals surface area contributed by atoms with Crippen LogP contribution in [0.15, 0.2) is 70.3 Å². The van der Waals surface area contributed by atoms with Crippen LogP contribution in [0.4, 0.5) is 11.4 Å². The van der Waals surface area contributed by atoms with Crippen molar-refractivity contribution in [3.05, 3.63) is 81.1 Å². The van der Waals surface area contributed by atoms with Crippen LogP contribution in [-0.4, -0.2) is 5.11 Å². The van der Waals surface area contributed by atoms with E-state index in [1.165, 1.54) is 5.06 Å². The van der Waals surface area contributed by atoms with Crippen LogP contribution in [0.1, 0.15) is 0 Å². The first-order valence-electron chi connectivity index (χ1n) is 6.29. The Morgan fingerprint density at radius 3 is 1.67 bits per heavy atom. The molecule has 3 aromatic rings. The second kappa shape index (κ2) is 5.13. The van der Waals surface area contributed by atoms with Crippen molar-refractivity contribution in [2.24, 2.45) is 0 Å². The van der Waals surface area contributed by atoms with E-state index in [0.717, 1.165) is 0 Å². The van der Waals surface area contributed by atoms with E-state index in [1.54, 1.807) is 24.3 Å². The van der Waals surface area contributed by atoms with Gasteiger partial charge in [0.2, 0.25) is 5.75 Å². The standard InChI is InChI=1S/C16H11NO4/c18-13-14(19)16(15(13)20)21-17(11-7-3-1-4-8-11)12-9-5-2-6-10-12/h1-10,19H. The zero-order valence-corrected chi connectivity index (χ0v) is 10.9. The SMILES string of the molecule is O=c1c(O)c(ON(c2ccccc2)c2ccccc2)c1=O. The molecule has 0 heterocycles. The highest BCUT2D eigenvalue weighted by Crippen LogP contribution is 2.29. The van der Waals surface area contributed by atoms with E-state index in [-0.39, 0.29) is 5.75 Å². The maximum atomic E-state index is 11.5. The summed E-state index contributed by atoms with van der Waals surface area (Å²) in [5, 5.41) is 10.8. The Labute approximate surface area is 119 Å². The van der Waals surface area contributed by atoms with Crippen LogP contribution in [0.25, 0.3) is 0 Å². The Hall–Kier alpha value is -3.08. The minimum atomic E-state index is -0.925. The fourth-order valence-corrected chi connectivity index (χ4v) is 1.92. The summed E-state index contributed by atoms with van der Waals surface area (Å²) in [5.41, 5.74) is -0.428. The van der Waals surface area contributed by atoms with Crippen LogP contribution in [0, 0.1) is 0 Å². The van der Waals surface area contributed by atoms with Gasteiger partial charge in [-0.1, -0.05) is 36.4 Å². The molecular formula is C16H11NO4. The van der Waals surface area contributed by atoms with Crippen molar-refractivity contribution in [1.29, 1.82) is 0 Å². The van der Waals surface area contributed by atoms with Gasteiger partial charge in [-0.05, 0) is 24.3 Å². The molecule has 0 spiro atoms. The summed E-state index contributed by atoms with van der Waals surface area (Å²) >= 11 is 0. The molecule has 0 aromatic heterocycles. The van der Waals surface area contributed by atoms with Gasteiger partial charge in [0.1, 0.15) is 0 Å². The number of nitrogens with zero attached hydrogens (tertiary/aromatic N) is 1. The van der Waals surface area contributed by atoms with Crippen molar-refractivity contribution < 1.29 is 9.94 Å². The quantitative estimate of drug-likeness (QED) is 0.586. The Bertz CT molecular complexity index is 781. The van der Waals surface area contributed by atoms with Crippen LogP contribution in [0.5, 0.6) is 11.5 Å². The molecule has 0 fully saturated rings. The summed E-state index contributed by atoms with van der Waals surface area (Å²) in [6, 6.07) is 18.1. The number of para-hydroxylation sites is 2. The Morgan fingerprint density at radius 2 is 1.24 bits per heavy atom. The van der Waals surface area contributed by atoms with Crippen LogP contribution < -0.4 is 20.8 Å². The van der Waals surface area contributed by atoms with Crippen molar-refractivity contribution >= 4 is 11.4 Å². The van der Waals surface area contributed by atoms with Crippen molar-refractivity contribution in [2.45, 2.75) is 0 Å². The van der Waals surface area contributed by atoms with E-state index in [2.05, 4.69) is 0 Å². The van der Waals surface area contributed by atoms with E-state index in [0.29, 0.717) is 11.4 Å². The molecule has 0 aliphatic heterocycles. The average molecular weight is 281 g/mol. The van der Waals surface area contributed by atoms with E-state index in [9.17, 15) is 14.7 Å². The second-order valence-corrected chi connectivity index (χ2v) is 4.39. The summed E-state index contributed by atoms with van der Waals surface area (Å²) < 4.78 is 0. The summed E-state index contributed by atoms with van der Waals surface area (Å²) in [6.45, 7) is 0. The number of benzene rings is 2. The summed E-state index contributed by atoms with van der Waals surface area (Å²) in [6.07, 6.45) is 0. The van der Waals surface area contributed by atoms with E-state index in [4.69, 9.17) is 4.84 Å². The largest absolute Gasteiger partial charge is 0.501 e. The summed E-state index contributed by atoms with van der Waals surface area (Å²) in [7, 11) is 0. The molecule has 0 saturated carbocycles. The first-order valence-corrected chi connectivity index (χ1v) is 6.29. The topological polar surface area (TPSA) is 66.8 Å². The Morgan fingerprint density at radius 1 is 0.762 bits per heavy atom. The van der Waals surface area contributed by atoms with Gasteiger partial charge < -0.3 is 9.94 Å². The lowest BCUT2D eigenvalue weighted by atomic mass is 10.2. The Balaban J connectivity index is 2.02. The molecule has 104 valence electrons. The molecule has 5 heteroatoms. The maximum Gasteiger partial charge on any atom is 0.278 e. The van der Waals surface area contributed by atoms with Crippen molar-refractivity contribution in [3.63, 3.8) is 0 Å². The smallest absolute Gasteiger partial charge is 0.278 e. The monoisotopic (exact) mass is 281 g/mol. The van der Waals surface area contributed by atoms with Crippen LogP contribution in [-0.2, 0) is 0 Å². The van der Waals surface area contributed by atoms with Crippen LogP contribution >= 0.6 is 0 Å². The minimum Gasteiger partial charge on any atom is -0.501 e. The molecule has 0 atom stereocenters. The minimum absolute atomic E-state index is 0.340. The van der Waals surface area contributed by atoms with Gasteiger partial charge in [0.05, 0.1) is 11.4 Å². The van der Waals surface area contributed by atoms with Gasteiger partial charge in [-0.2, -0.15) is 5.06 Å². The maximum absolute atomic E-state index is 11.5. The summed E-state index contributed by atoms with van der Waals surface area (Å²) in [4.78, 5) is 28.0. The fourth-order valence-electron chi connectivity index (χ4n) is 1.92. The molecular weight excluding hydrogens is 270 g/mol. The molecule has 0 radical (unpaired) electrons. The van der Waals surface area contributed by atoms with Gasteiger partial charge in [-0.3, -0.25) is 9.59 Å². The zero-order valence-electron chi connectivity index (χ0n) is 10.9. The average Bonchev–Trinajstić information content (AvgIpc) is 2.56. The second-order valence-electron chi connectivity index (χ2n) is 4.39. The van der Waals surface area contributed by atoms with Gasteiger partial charge in [-0.15, -0.1) is 0 Å². The lowest BCUT2D eigenvalue weighted by molar-refractivity contribution is 0.293. The lowest BCUT2D eigenvalue weighted by Crippen LogP contribution is -2.35. The van der Waals surface area contributed by atoms with Gasteiger partial charge in [0, 0.05) is 0 Å². The van der Waals surface area contributed by atoms with Crippen molar-refractivity contribution in [3.8, 4) is 11.5 Å². The third-order valence-electron chi connectivity index (χ3n) is 3.01. The highest BCUT2D eigenvalue weighted by atomic mass is 16.7. The van der Waals surface area contributed by atoms with E-state index in [1.807, 2.05) is 36.4 Å².